The molecule has 1 heterocycles. The topological polar surface area (TPSA) is 71.4 Å². The highest BCUT2D eigenvalue weighted by Crippen LogP contribution is 2.32. The number of fused-ring (bicyclic) bond motifs is 1. The lowest BCUT2D eigenvalue weighted by Gasteiger charge is -2.11. The number of hydrogen-bond acceptors (Lipinski definition) is 3. The lowest BCUT2D eigenvalue weighted by Crippen LogP contribution is -2.35. The molecule has 8 heteroatoms. The van der Waals surface area contributed by atoms with Gasteiger partial charge in [-0.15, -0.1) is 0 Å². The third-order valence-electron chi connectivity index (χ3n) is 4.73. The summed E-state index contributed by atoms with van der Waals surface area (Å²) < 4.78 is 29.4. The van der Waals surface area contributed by atoms with Crippen molar-refractivity contribution in [2.45, 2.75) is 20.4 Å². The van der Waals surface area contributed by atoms with E-state index < -0.39 is 10.2 Å². The van der Waals surface area contributed by atoms with E-state index in [-0.39, 0.29) is 18.4 Å². The Morgan fingerprint density at radius 2 is 1.86 bits per heavy atom. The smallest absolute Gasteiger partial charge is 0.279 e. The van der Waals surface area contributed by atoms with Gasteiger partial charge in [0.05, 0.1) is 5.52 Å². The lowest BCUT2D eigenvalue weighted by atomic mass is 10.0. The molecule has 29 heavy (non-hydrogen) atoms. The van der Waals surface area contributed by atoms with Crippen LogP contribution in [0.1, 0.15) is 24.2 Å². The second-order valence-corrected chi connectivity index (χ2v) is 9.71. The number of rotatable bonds is 6. The summed E-state index contributed by atoms with van der Waals surface area (Å²) >= 11 is 6.34. The fraction of sp³-hybridized carbons (Fsp3) is 0.286. The van der Waals surface area contributed by atoms with Crippen LogP contribution in [0.25, 0.3) is 22.0 Å². The highest BCUT2D eigenvalue weighted by molar-refractivity contribution is 7.87. The Kier molecular flexibility index (Phi) is 6.14. The van der Waals surface area contributed by atoms with Gasteiger partial charge in [-0.05, 0) is 23.3 Å². The number of aromatic nitrogens is 1. The van der Waals surface area contributed by atoms with E-state index in [2.05, 4.69) is 4.72 Å². The SMILES string of the molecule is CC(C)C(=O)n1cc(CNS(=O)(=O)N(C)C)c2ccc(-c3ccccc3Cl)cc21. The van der Waals surface area contributed by atoms with E-state index in [0.717, 1.165) is 31.9 Å². The first-order valence-corrected chi connectivity index (χ1v) is 11.0. The molecule has 0 saturated heterocycles. The summed E-state index contributed by atoms with van der Waals surface area (Å²) in [5, 5.41) is 1.44. The maximum absolute atomic E-state index is 12.8. The van der Waals surface area contributed by atoms with Crippen molar-refractivity contribution in [2.24, 2.45) is 5.92 Å². The molecule has 0 bridgehead atoms. The maximum atomic E-state index is 12.8. The molecule has 0 saturated carbocycles. The minimum absolute atomic E-state index is 0.0620. The summed E-state index contributed by atoms with van der Waals surface area (Å²) in [6, 6.07) is 13.3. The summed E-state index contributed by atoms with van der Waals surface area (Å²) in [6.45, 7) is 3.75. The lowest BCUT2D eigenvalue weighted by molar-refractivity contribution is 0.0860. The van der Waals surface area contributed by atoms with Crippen molar-refractivity contribution in [3.63, 3.8) is 0 Å². The zero-order valence-electron chi connectivity index (χ0n) is 16.8. The minimum Gasteiger partial charge on any atom is -0.287 e. The predicted octanol–water partition coefficient (Wildman–Crippen LogP) is 4.15. The van der Waals surface area contributed by atoms with E-state index in [4.69, 9.17) is 11.6 Å². The van der Waals surface area contributed by atoms with E-state index in [9.17, 15) is 13.2 Å². The van der Waals surface area contributed by atoms with Gasteiger partial charge >= 0.3 is 0 Å². The molecule has 0 aliphatic carbocycles. The van der Waals surface area contributed by atoms with Crippen molar-refractivity contribution in [3.05, 3.63) is 59.2 Å². The largest absolute Gasteiger partial charge is 0.287 e. The van der Waals surface area contributed by atoms with Crippen LogP contribution in [0.4, 0.5) is 0 Å². The van der Waals surface area contributed by atoms with Gasteiger partial charge in [0.25, 0.3) is 10.2 Å². The zero-order valence-corrected chi connectivity index (χ0v) is 18.4. The number of nitrogens with one attached hydrogen (secondary N) is 1. The van der Waals surface area contributed by atoms with Gasteiger partial charge in [-0.1, -0.05) is 55.8 Å². The number of carbonyl (C=O) groups is 1. The number of benzene rings is 2. The summed E-state index contributed by atoms with van der Waals surface area (Å²) in [6.07, 6.45) is 1.71. The van der Waals surface area contributed by atoms with Crippen LogP contribution in [0, 0.1) is 5.92 Å². The van der Waals surface area contributed by atoms with Crippen molar-refractivity contribution < 1.29 is 13.2 Å². The highest BCUT2D eigenvalue weighted by atomic mass is 35.5. The Balaban J connectivity index is 2.12. The molecule has 154 valence electrons. The average Bonchev–Trinajstić information content (AvgIpc) is 3.04. The number of carbonyl (C=O) groups excluding carboxylic acids is 1. The summed E-state index contributed by atoms with van der Waals surface area (Å²) in [4.78, 5) is 12.8. The molecular formula is C21H24ClN3O3S. The van der Waals surface area contributed by atoms with Crippen LogP contribution < -0.4 is 4.72 Å². The van der Waals surface area contributed by atoms with E-state index in [1.807, 2.05) is 56.3 Å². The van der Waals surface area contributed by atoms with E-state index in [1.54, 1.807) is 10.8 Å². The molecule has 0 aliphatic heterocycles. The Labute approximate surface area is 176 Å². The Hall–Kier alpha value is -2.19. The molecule has 0 aliphatic rings. The first kappa shape index (κ1) is 21.5. The molecule has 0 fully saturated rings. The maximum Gasteiger partial charge on any atom is 0.279 e. The number of hydrogen-bond donors (Lipinski definition) is 1. The molecule has 3 rings (SSSR count). The summed E-state index contributed by atoms with van der Waals surface area (Å²) in [5.74, 6) is -0.270. The zero-order chi connectivity index (χ0) is 21.3. The Morgan fingerprint density at radius 1 is 1.17 bits per heavy atom. The molecule has 0 spiro atoms. The highest BCUT2D eigenvalue weighted by Gasteiger charge is 2.19. The van der Waals surface area contributed by atoms with Gasteiger partial charge < -0.3 is 0 Å². The van der Waals surface area contributed by atoms with Crippen molar-refractivity contribution in [1.29, 1.82) is 0 Å². The first-order chi connectivity index (χ1) is 13.6. The molecule has 3 aromatic rings. The molecule has 6 nitrogen and oxygen atoms in total. The van der Waals surface area contributed by atoms with Crippen LogP contribution in [0.2, 0.25) is 5.02 Å². The molecule has 0 atom stereocenters. The fourth-order valence-corrected chi connectivity index (χ4v) is 3.90. The van der Waals surface area contributed by atoms with E-state index in [0.29, 0.717) is 5.02 Å². The van der Waals surface area contributed by atoms with Crippen LogP contribution in [-0.2, 0) is 16.8 Å². The minimum atomic E-state index is -3.58. The van der Waals surface area contributed by atoms with Gasteiger partial charge in [0.1, 0.15) is 0 Å². The van der Waals surface area contributed by atoms with Crippen molar-refractivity contribution in [1.82, 2.24) is 13.6 Å². The molecular weight excluding hydrogens is 410 g/mol. The van der Waals surface area contributed by atoms with Crippen molar-refractivity contribution in [3.8, 4) is 11.1 Å². The third kappa shape index (κ3) is 4.38. The van der Waals surface area contributed by atoms with Gasteiger partial charge in [0.15, 0.2) is 0 Å². The summed E-state index contributed by atoms with van der Waals surface area (Å²) in [5.41, 5.74) is 3.21. The first-order valence-electron chi connectivity index (χ1n) is 9.22. The molecule has 0 amide bonds. The predicted molar refractivity (Wildman–Crippen MR) is 117 cm³/mol. The number of nitrogens with zero attached hydrogens (tertiary/aromatic N) is 2. The quantitative estimate of drug-likeness (QED) is 0.634. The monoisotopic (exact) mass is 433 g/mol. The molecule has 1 N–H and O–H groups in total. The van der Waals surface area contributed by atoms with Crippen molar-refractivity contribution >= 4 is 38.6 Å². The van der Waals surface area contributed by atoms with Crippen LogP contribution in [0.3, 0.4) is 0 Å². The van der Waals surface area contributed by atoms with Gasteiger partial charge in [-0.25, -0.2) is 0 Å². The van der Waals surface area contributed by atoms with Crippen LogP contribution in [0.5, 0.6) is 0 Å². The summed E-state index contributed by atoms with van der Waals surface area (Å²) in [7, 11) is -0.653. The molecule has 2 aromatic carbocycles. The van der Waals surface area contributed by atoms with E-state index >= 15 is 0 Å². The molecule has 0 radical (unpaired) electrons. The second-order valence-electron chi connectivity index (χ2n) is 7.34. The standard InChI is InChI=1S/C21H24ClN3O3S/c1-14(2)21(26)25-13-16(12-23-29(27,28)24(3)4)18-10-9-15(11-20(18)25)17-7-5-6-8-19(17)22/h5-11,13-14,23H,12H2,1-4H3. The van der Waals surface area contributed by atoms with Crippen LogP contribution in [-0.4, -0.2) is 37.3 Å². The van der Waals surface area contributed by atoms with Gasteiger partial charge in [-0.3, -0.25) is 9.36 Å². The second kappa shape index (κ2) is 8.28. The van der Waals surface area contributed by atoms with E-state index in [1.165, 1.54) is 14.1 Å². The number of halogens is 1. The fourth-order valence-electron chi connectivity index (χ4n) is 3.06. The molecule has 0 unspecified atom stereocenters. The van der Waals surface area contributed by atoms with Gasteiger partial charge in [0.2, 0.25) is 5.91 Å². The Bertz CT molecular complexity index is 1170. The molecule has 1 aromatic heterocycles. The van der Waals surface area contributed by atoms with Crippen molar-refractivity contribution in [2.75, 3.05) is 14.1 Å². The van der Waals surface area contributed by atoms with Crippen LogP contribution in [0.15, 0.2) is 48.7 Å². The normalized spacial score (nSPS) is 12.2. The van der Waals surface area contributed by atoms with Crippen LogP contribution >= 0.6 is 11.6 Å². The van der Waals surface area contributed by atoms with Gasteiger partial charge in [-0.2, -0.15) is 17.4 Å². The average molecular weight is 434 g/mol. The third-order valence-corrected chi connectivity index (χ3v) is 6.53. The Morgan fingerprint density at radius 3 is 2.48 bits per heavy atom. The van der Waals surface area contributed by atoms with Gasteiger partial charge in [0, 0.05) is 48.7 Å².